The fraction of sp³-hybridized carbons (Fsp3) is 0.600. The molecule has 1 atom stereocenters. The van der Waals surface area contributed by atoms with Crippen LogP contribution in [-0.2, 0) is 11.3 Å². The molecule has 104 valence electrons. The van der Waals surface area contributed by atoms with Gasteiger partial charge in [0.05, 0.1) is 12.2 Å². The number of nitrogens with zero attached hydrogens (tertiary/aromatic N) is 1. The molecule has 1 unspecified atom stereocenters. The van der Waals surface area contributed by atoms with Gasteiger partial charge in [-0.3, -0.25) is 9.78 Å². The molecule has 1 saturated heterocycles. The lowest BCUT2D eigenvalue weighted by molar-refractivity contribution is -0.132. The molecule has 2 heterocycles. The summed E-state index contributed by atoms with van der Waals surface area (Å²) in [6.45, 7) is 6.59. The molecule has 4 nitrogen and oxygen atoms in total. The van der Waals surface area contributed by atoms with Crippen LogP contribution in [0.4, 0.5) is 0 Å². The quantitative estimate of drug-likeness (QED) is 0.868. The predicted octanol–water partition coefficient (Wildman–Crippen LogP) is 1.72. The van der Waals surface area contributed by atoms with Crippen LogP contribution in [0, 0.1) is 11.3 Å². The largest absolute Gasteiger partial charge is 0.350 e. The normalized spacial score (nSPS) is 20.0. The van der Waals surface area contributed by atoms with Gasteiger partial charge in [-0.15, -0.1) is 0 Å². The van der Waals surface area contributed by atoms with Crippen LogP contribution < -0.4 is 10.6 Å². The van der Waals surface area contributed by atoms with Crippen LogP contribution in [0.15, 0.2) is 24.4 Å². The third-order valence-electron chi connectivity index (χ3n) is 4.06. The van der Waals surface area contributed by atoms with E-state index in [4.69, 9.17) is 0 Å². The number of amides is 1. The Morgan fingerprint density at radius 1 is 1.53 bits per heavy atom. The molecule has 2 N–H and O–H groups in total. The SMILES string of the molecule is CC(C)(C(=O)NCc1ccccn1)C1CCCNC1. The average molecular weight is 261 g/mol. The summed E-state index contributed by atoms with van der Waals surface area (Å²) < 4.78 is 0. The van der Waals surface area contributed by atoms with Crippen LogP contribution in [0.3, 0.4) is 0 Å². The van der Waals surface area contributed by atoms with Crippen LogP contribution in [-0.4, -0.2) is 24.0 Å². The van der Waals surface area contributed by atoms with E-state index in [9.17, 15) is 4.79 Å². The molecular formula is C15H23N3O. The number of pyridine rings is 1. The smallest absolute Gasteiger partial charge is 0.226 e. The van der Waals surface area contributed by atoms with E-state index < -0.39 is 0 Å². The summed E-state index contributed by atoms with van der Waals surface area (Å²) in [5.41, 5.74) is 0.566. The summed E-state index contributed by atoms with van der Waals surface area (Å²) in [7, 11) is 0. The first kappa shape index (κ1) is 14.0. The first-order valence-corrected chi connectivity index (χ1v) is 6.99. The van der Waals surface area contributed by atoms with Crippen LogP contribution in [0.5, 0.6) is 0 Å². The van der Waals surface area contributed by atoms with E-state index in [1.807, 2.05) is 32.0 Å². The Morgan fingerprint density at radius 2 is 2.37 bits per heavy atom. The molecule has 0 radical (unpaired) electrons. The average Bonchev–Trinajstić information content (AvgIpc) is 2.46. The molecule has 1 aromatic rings. The summed E-state index contributed by atoms with van der Waals surface area (Å²) in [5, 5.41) is 6.38. The topological polar surface area (TPSA) is 54.0 Å². The van der Waals surface area contributed by atoms with E-state index in [0.29, 0.717) is 12.5 Å². The van der Waals surface area contributed by atoms with Crippen molar-refractivity contribution in [1.29, 1.82) is 0 Å². The molecule has 1 aliphatic heterocycles. The van der Waals surface area contributed by atoms with Gasteiger partial charge in [0.15, 0.2) is 0 Å². The summed E-state index contributed by atoms with van der Waals surface area (Å²) in [5.74, 6) is 0.525. The van der Waals surface area contributed by atoms with Crippen molar-refractivity contribution in [1.82, 2.24) is 15.6 Å². The molecule has 0 bridgehead atoms. The monoisotopic (exact) mass is 261 g/mol. The highest BCUT2D eigenvalue weighted by molar-refractivity contribution is 5.82. The third-order valence-corrected chi connectivity index (χ3v) is 4.06. The van der Waals surface area contributed by atoms with Gasteiger partial charge in [-0.2, -0.15) is 0 Å². The second-order valence-corrected chi connectivity index (χ2v) is 5.77. The number of hydrogen-bond donors (Lipinski definition) is 2. The molecule has 0 saturated carbocycles. The van der Waals surface area contributed by atoms with Gasteiger partial charge in [0.1, 0.15) is 0 Å². The van der Waals surface area contributed by atoms with Crippen LogP contribution in [0.2, 0.25) is 0 Å². The van der Waals surface area contributed by atoms with E-state index in [1.54, 1.807) is 6.20 Å². The number of nitrogens with one attached hydrogen (secondary N) is 2. The van der Waals surface area contributed by atoms with Gasteiger partial charge in [0.2, 0.25) is 5.91 Å². The fourth-order valence-electron chi connectivity index (χ4n) is 2.55. The maximum atomic E-state index is 12.4. The first-order chi connectivity index (χ1) is 9.10. The summed E-state index contributed by atoms with van der Waals surface area (Å²) >= 11 is 0. The maximum absolute atomic E-state index is 12.4. The second-order valence-electron chi connectivity index (χ2n) is 5.77. The Labute approximate surface area is 115 Å². The van der Waals surface area contributed by atoms with Crippen LogP contribution >= 0.6 is 0 Å². The van der Waals surface area contributed by atoms with Crippen molar-refractivity contribution < 1.29 is 4.79 Å². The maximum Gasteiger partial charge on any atom is 0.226 e. The van der Waals surface area contributed by atoms with Crippen LogP contribution in [0.1, 0.15) is 32.4 Å². The minimum absolute atomic E-state index is 0.117. The van der Waals surface area contributed by atoms with Gasteiger partial charge >= 0.3 is 0 Å². The molecule has 2 rings (SSSR count). The number of carbonyl (C=O) groups is 1. The van der Waals surface area contributed by atoms with E-state index in [-0.39, 0.29) is 11.3 Å². The van der Waals surface area contributed by atoms with Crippen molar-refractivity contribution in [2.75, 3.05) is 13.1 Å². The van der Waals surface area contributed by atoms with Crippen molar-refractivity contribution in [3.8, 4) is 0 Å². The molecule has 1 amide bonds. The fourth-order valence-corrected chi connectivity index (χ4v) is 2.55. The van der Waals surface area contributed by atoms with E-state index >= 15 is 0 Å². The standard InChI is InChI=1S/C15H23N3O/c1-15(2,12-6-5-8-16-10-12)14(19)18-11-13-7-3-4-9-17-13/h3-4,7,9,12,16H,5-6,8,10-11H2,1-2H3,(H,18,19). The minimum Gasteiger partial charge on any atom is -0.350 e. The van der Waals surface area contributed by atoms with Gasteiger partial charge in [-0.25, -0.2) is 0 Å². The summed E-state index contributed by atoms with van der Waals surface area (Å²) in [6, 6.07) is 5.74. The van der Waals surface area contributed by atoms with Gasteiger partial charge < -0.3 is 10.6 Å². The Hall–Kier alpha value is -1.42. The highest BCUT2D eigenvalue weighted by Crippen LogP contribution is 2.31. The molecule has 0 aliphatic carbocycles. The first-order valence-electron chi connectivity index (χ1n) is 6.99. The molecule has 1 aromatic heterocycles. The molecule has 4 heteroatoms. The number of aromatic nitrogens is 1. The van der Waals surface area contributed by atoms with Crippen molar-refractivity contribution in [3.63, 3.8) is 0 Å². The van der Waals surface area contributed by atoms with E-state index in [1.165, 1.54) is 0 Å². The molecule has 0 spiro atoms. The highest BCUT2D eigenvalue weighted by atomic mass is 16.2. The Balaban J connectivity index is 1.90. The predicted molar refractivity (Wildman–Crippen MR) is 75.5 cm³/mol. The van der Waals surface area contributed by atoms with Gasteiger partial charge in [0, 0.05) is 11.6 Å². The van der Waals surface area contributed by atoms with Crippen LogP contribution in [0.25, 0.3) is 0 Å². The Bertz CT molecular complexity index is 411. The van der Waals surface area contributed by atoms with Crippen molar-refractivity contribution in [2.45, 2.75) is 33.2 Å². The number of rotatable bonds is 4. The number of hydrogen-bond acceptors (Lipinski definition) is 3. The Kier molecular flexibility index (Phi) is 4.53. The lowest BCUT2D eigenvalue weighted by Gasteiger charge is -2.36. The Morgan fingerprint density at radius 3 is 3.00 bits per heavy atom. The van der Waals surface area contributed by atoms with Gasteiger partial charge in [-0.05, 0) is 44.0 Å². The van der Waals surface area contributed by atoms with Crippen molar-refractivity contribution in [2.24, 2.45) is 11.3 Å². The summed E-state index contributed by atoms with van der Waals surface area (Å²) in [4.78, 5) is 16.6. The second kappa shape index (κ2) is 6.15. The van der Waals surface area contributed by atoms with Gasteiger partial charge in [0.25, 0.3) is 0 Å². The molecule has 1 fully saturated rings. The zero-order valence-electron chi connectivity index (χ0n) is 11.8. The minimum atomic E-state index is -0.331. The third kappa shape index (κ3) is 3.53. The molecule has 0 aromatic carbocycles. The zero-order valence-corrected chi connectivity index (χ0v) is 11.8. The van der Waals surface area contributed by atoms with Gasteiger partial charge in [-0.1, -0.05) is 19.9 Å². The lowest BCUT2D eigenvalue weighted by atomic mass is 9.74. The van der Waals surface area contributed by atoms with E-state index in [0.717, 1.165) is 31.6 Å². The lowest BCUT2D eigenvalue weighted by Crippen LogP contribution is -2.47. The number of piperidine rings is 1. The summed E-state index contributed by atoms with van der Waals surface area (Å²) in [6.07, 6.45) is 4.02. The molecule has 19 heavy (non-hydrogen) atoms. The highest BCUT2D eigenvalue weighted by Gasteiger charge is 2.36. The number of carbonyl (C=O) groups excluding carboxylic acids is 1. The van der Waals surface area contributed by atoms with Crippen molar-refractivity contribution in [3.05, 3.63) is 30.1 Å². The van der Waals surface area contributed by atoms with E-state index in [2.05, 4.69) is 15.6 Å². The molecular weight excluding hydrogens is 238 g/mol. The zero-order chi connectivity index (χ0) is 13.7. The van der Waals surface area contributed by atoms with Crippen molar-refractivity contribution >= 4 is 5.91 Å². The molecule has 1 aliphatic rings.